The molecule has 20 heavy (non-hydrogen) atoms. The highest BCUT2D eigenvalue weighted by molar-refractivity contribution is 5.96. The van der Waals surface area contributed by atoms with E-state index >= 15 is 0 Å². The fourth-order valence-corrected chi connectivity index (χ4v) is 1.74. The zero-order chi connectivity index (χ0) is 15.3. The van der Waals surface area contributed by atoms with Crippen molar-refractivity contribution in [3.05, 3.63) is 24.0 Å². The number of rotatable bonds is 5. The van der Waals surface area contributed by atoms with Gasteiger partial charge in [-0.25, -0.2) is 4.39 Å². The minimum absolute atomic E-state index is 0.0210. The molecule has 0 aliphatic carbocycles. The van der Waals surface area contributed by atoms with Crippen LogP contribution in [-0.4, -0.2) is 17.9 Å². The second kappa shape index (κ2) is 7.00. The van der Waals surface area contributed by atoms with Crippen LogP contribution in [0.5, 0.6) is 0 Å². The van der Waals surface area contributed by atoms with Gasteiger partial charge in [-0.05, 0) is 30.5 Å². The van der Waals surface area contributed by atoms with Crippen LogP contribution in [0.2, 0.25) is 0 Å². The average Bonchev–Trinajstić information content (AvgIpc) is 2.31. The fourth-order valence-electron chi connectivity index (χ4n) is 1.74. The molecule has 2 amide bonds. The first-order chi connectivity index (χ1) is 9.29. The number of nitrogens with two attached hydrogens (primary N) is 1. The average molecular weight is 281 g/mol. The van der Waals surface area contributed by atoms with Crippen molar-refractivity contribution in [3.63, 3.8) is 0 Å². The first kappa shape index (κ1) is 16.1. The minimum atomic E-state index is -0.621. The Hall–Kier alpha value is -1.95. The van der Waals surface area contributed by atoms with Gasteiger partial charge < -0.3 is 16.4 Å². The van der Waals surface area contributed by atoms with Crippen molar-refractivity contribution in [1.82, 2.24) is 0 Å². The van der Waals surface area contributed by atoms with Crippen LogP contribution in [0.15, 0.2) is 18.2 Å². The predicted molar refractivity (Wildman–Crippen MR) is 76.8 cm³/mol. The summed E-state index contributed by atoms with van der Waals surface area (Å²) in [5, 5.41) is 4.96. The summed E-state index contributed by atoms with van der Waals surface area (Å²) in [6.45, 7) is 5.23. The van der Waals surface area contributed by atoms with Gasteiger partial charge in [0.05, 0.1) is 11.7 Å². The number of halogens is 1. The molecule has 1 rings (SSSR count). The highest BCUT2D eigenvalue weighted by Crippen LogP contribution is 2.20. The van der Waals surface area contributed by atoms with Crippen LogP contribution in [0, 0.1) is 11.7 Å². The molecule has 6 heteroatoms. The zero-order valence-electron chi connectivity index (χ0n) is 11.9. The van der Waals surface area contributed by atoms with Crippen LogP contribution >= 0.6 is 0 Å². The lowest BCUT2D eigenvalue weighted by molar-refractivity contribution is -0.117. The molecule has 0 heterocycles. The van der Waals surface area contributed by atoms with Crippen LogP contribution in [0.25, 0.3) is 0 Å². The monoisotopic (exact) mass is 281 g/mol. The maximum Gasteiger partial charge on any atom is 0.241 e. The Labute approximate surface area is 117 Å². The molecule has 0 fully saturated rings. The Balaban J connectivity index is 2.77. The van der Waals surface area contributed by atoms with E-state index in [1.54, 1.807) is 0 Å². The van der Waals surface area contributed by atoms with Crippen LogP contribution in [0.4, 0.5) is 15.8 Å². The molecule has 0 aliphatic heterocycles. The Morgan fingerprint density at radius 1 is 1.30 bits per heavy atom. The van der Waals surface area contributed by atoms with Gasteiger partial charge in [-0.3, -0.25) is 9.59 Å². The second-order valence-electron chi connectivity index (χ2n) is 5.10. The third-order valence-corrected chi connectivity index (χ3v) is 2.61. The molecule has 0 aliphatic rings. The number of amides is 2. The van der Waals surface area contributed by atoms with E-state index < -0.39 is 11.9 Å². The number of hydrogen-bond acceptors (Lipinski definition) is 3. The third-order valence-electron chi connectivity index (χ3n) is 2.61. The number of carbonyl (C=O) groups excluding carboxylic acids is 2. The molecule has 4 N–H and O–H groups in total. The standard InChI is InChI=1S/C14H20FN3O2/c1-8(2)6-12(16)14(20)18-10-4-5-11(15)13(7-10)17-9(3)19/h4-5,7-8,12H,6,16H2,1-3H3,(H,17,19)(H,18,20)/t12-/m0/s1. The lowest BCUT2D eigenvalue weighted by Gasteiger charge is -2.15. The summed E-state index contributed by atoms with van der Waals surface area (Å²) in [7, 11) is 0. The van der Waals surface area contributed by atoms with Crippen molar-refractivity contribution < 1.29 is 14.0 Å². The van der Waals surface area contributed by atoms with Crippen molar-refractivity contribution in [2.45, 2.75) is 33.2 Å². The predicted octanol–water partition coefficient (Wildman–Crippen LogP) is 2.10. The summed E-state index contributed by atoms with van der Waals surface area (Å²) in [6.07, 6.45) is 0.561. The van der Waals surface area contributed by atoms with Gasteiger partial charge >= 0.3 is 0 Å². The van der Waals surface area contributed by atoms with Crippen molar-refractivity contribution in [1.29, 1.82) is 0 Å². The Bertz CT molecular complexity index is 503. The van der Waals surface area contributed by atoms with Crippen LogP contribution < -0.4 is 16.4 Å². The molecule has 1 aromatic rings. The molecular weight excluding hydrogens is 261 g/mol. The first-order valence-electron chi connectivity index (χ1n) is 6.43. The molecule has 0 bridgehead atoms. The number of carbonyl (C=O) groups is 2. The Kier molecular flexibility index (Phi) is 5.64. The Morgan fingerprint density at radius 2 is 1.95 bits per heavy atom. The van der Waals surface area contributed by atoms with Crippen LogP contribution in [0.1, 0.15) is 27.2 Å². The molecule has 0 aromatic heterocycles. The summed E-state index contributed by atoms with van der Waals surface area (Å²) in [5.41, 5.74) is 6.17. The highest BCUT2D eigenvalue weighted by Gasteiger charge is 2.15. The van der Waals surface area contributed by atoms with Gasteiger partial charge in [0.2, 0.25) is 11.8 Å². The molecule has 1 atom stereocenters. The molecule has 5 nitrogen and oxygen atoms in total. The maximum absolute atomic E-state index is 13.4. The van der Waals surface area contributed by atoms with E-state index in [2.05, 4.69) is 10.6 Å². The SMILES string of the molecule is CC(=O)Nc1cc(NC(=O)[C@@H](N)CC(C)C)ccc1F. The summed E-state index contributed by atoms with van der Waals surface area (Å²) in [4.78, 5) is 22.8. The largest absolute Gasteiger partial charge is 0.325 e. The van der Waals surface area contributed by atoms with E-state index in [0.717, 1.165) is 0 Å². The van der Waals surface area contributed by atoms with E-state index in [1.807, 2.05) is 13.8 Å². The molecule has 110 valence electrons. The molecular formula is C14H20FN3O2. The number of benzene rings is 1. The minimum Gasteiger partial charge on any atom is -0.325 e. The van der Waals surface area contributed by atoms with Crippen molar-refractivity contribution in [2.75, 3.05) is 10.6 Å². The highest BCUT2D eigenvalue weighted by atomic mass is 19.1. The fraction of sp³-hybridized carbons (Fsp3) is 0.429. The van der Waals surface area contributed by atoms with Crippen LogP contribution in [0.3, 0.4) is 0 Å². The van der Waals surface area contributed by atoms with Gasteiger partial charge in [-0.15, -0.1) is 0 Å². The van der Waals surface area contributed by atoms with Gasteiger partial charge in [0.1, 0.15) is 5.82 Å². The zero-order valence-corrected chi connectivity index (χ0v) is 11.9. The van der Waals surface area contributed by atoms with Gasteiger partial charge in [0, 0.05) is 12.6 Å². The lowest BCUT2D eigenvalue weighted by Crippen LogP contribution is -2.36. The van der Waals surface area contributed by atoms with Gasteiger partial charge in [0.25, 0.3) is 0 Å². The molecule has 0 unspecified atom stereocenters. The van der Waals surface area contributed by atoms with Crippen molar-refractivity contribution >= 4 is 23.2 Å². The van der Waals surface area contributed by atoms with Crippen molar-refractivity contribution in [3.8, 4) is 0 Å². The topological polar surface area (TPSA) is 84.2 Å². The molecule has 0 radical (unpaired) electrons. The number of nitrogens with one attached hydrogen (secondary N) is 2. The van der Waals surface area contributed by atoms with E-state index in [9.17, 15) is 14.0 Å². The molecule has 0 saturated heterocycles. The quantitative estimate of drug-likeness (QED) is 0.772. The van der Waals surface area contributed by atoms with E-state index in [-0.39, 0.29) is 17.5 Å². The van der Waals surface area contributed by atoms with E-state index in [1.165, 1.54) is 25.1 Å². The number of anilines is 2. The van der Waals surface area contributed by atoms with Gasteiger partial charge in [0.15, 0.2) is 0 Å². The summed E-state index contributed by atoms with van der Waals surface area (Å²) in [5.74, 6) is -0.980. The molecule has 1 aromatic carbocycles. The summed E-state index contributed by atoms with van der Waals surface area (Å²) in [6, 6.07) is 3.33. The third kappa shape index (κ3) is 4.97. The van der Waals surface area contributed by atoms with Crippen molar-refractivity contribution in [2.24, 2.45) is 11.7 Å². The maximum atomic E-state index is 13.4. The van der Waals surface area contributed by atoms with Crippen LogP contribution in [-0.2, 0) is 9.59 Å². The summed E-state index contributed by atoms with van der Waals surface area (Å²) >= 11 is 0. The van der Waals surface area contributed by atoms with Gasteiger partial charge in [-0.2, -0.15) is 0 Å². The Morgan fingerprint density at radius 3 is 2.50 bits per heavy atom. The first-order valence-corrected chi connectivity index (χ1v) is 6.43. The van der Waals surface area contributed by atoms with E-state index in [0.29, 0.717) is 18.0 Å². The van der Waals surface area contributed by atoms with E-state index in [4.69, 9.17) is 5.73 Å². The molecule has 0 saturated carbocycles. The normalized spacial score (nSPS) is 12.1. The summed E-state index contributed by atoms with van der Waals surface area (Å²) < 4.78 is 13.4. The lowest BCUT2D eigenvalue weighted by atomic mass is 10.0. The smallest absolute Gasteiger partial charge is 0.241 e. The second-order valence-corrected chi connectivity index (χ2v) is 5.10. The number of hydrogen-bond donors (Lipinski definition) is 3. The van der Waals surface area contributed by atoms with Gasteiger partial charge in [-0.1, -0.05) is 13.8 Å². The molecule has 0 spiro atoms.